The van der Waals surface area contributed by atoms with Gasteiger partial charge in [-0.25, -0.2) is 21.6 Å². The number of aryl methyl sites for hydroxylation is 1. The maximum atomic E-state index is 13.1. The van der Waals surface area contributed by atoms with Gasteiger partial charge in [-0.15, -0.1) is 11.3 Å². The molecule has 2 aromatic carbocycles. The van der Waals surface area contributed by atoms with Crippen LogP contribution < -0.4 is 4.72 Å². The summed E-state index contributed by atoms with van der Waals surface area (Å²) >= 11 is 1.29. The van der Waals surface area contributed by atoms with Gasteiger partial charge in [0.2, 0.25) is 10.0 Å². The van der Waals surface area contributed by atoms with Crippen LogP contribution in [0.2, 0.25) is 0 Å². The molecular formula is C19H19NO4S3. The lowest BCUT2D eigenvalue weighted by molar-refractivity contribution is 0.569. The Morgan fingerprint density at radius 1 is 0.852 bits per heavy atom. The van der Waals surface area contributed by atoms with E-state index in [0.717, 1.165) is 5.56 Å². The van der Waals surface area contributed by atoms with E-state index in [-0.39, 0.29) is 16.3 Å². The van der Waals surface area contributed by atoms with E-state index >= 15 is 0 Å². The third kappa shape index (κ3) is 4.47. The quantitative estimate of drug-likeness (QED) is 0.633. The van der Waals surface area contributed by atoms with E-state index in [9.17, 15) is 16.8 Å². The van der Waals surface area contributed by atoms with Crippen molar-refractivity contribution in [2.75, 3.05) is 6.54 Å². The number of hydrogen-bond donors (Lipinski definition) is 1. The topological polar surface area (TPSA) is 80.3 Å². The smallest absolute Gasteiger partial charge is 0.223 e. The third-order valence-electron chi connectivity index (χ3n) is 4.10. The minimum Gasteiger partial charge on any atom is -0.223 e. The predicted molar refractivity (Wildman–Crippen MR) is 107 cm³/mol. The highest BCUT2D eigenvalue weighted by atomic mass is 32.2. The van der Waals surface area contributed by atoms with Crippen LogP contribution in [-0.4, -0.2) is 23.4 Å². The monoisotopic (exact) mass is 421 g/mol. The Kier molecular flexibility index (Phi) is 5.81. The summed E-state index contributed by atoms with van der Waals surface area (Å²) in [4.78, 5) is 0.860. The van der Waals surface area contributed by atoms with Crippen molar-refractivity contribution in [1.29, 1.82) is 0 Å². The molecule has 142 valence electrons. The zero-order valence-electron chi connectivity index (χ0n) is 14.6. The van der Waals surface area contributed by atoms with Gasteiger partial charge in [0.05, 0.1) is 9.79 Å². The Morgan fingerprint density at radius 3 is 2.11 bits per heavy atom. The van der Waals surface area contributed by atoms with Crippen LogP contribution in [0.1, 0.15) is 15.7 Å². The largest absolute Gasteiger partial charge is 0.240 e. The molecule has 0 aliphatic rings. The molecule has 0 aliphatic carbocycles. The zero-order valence-corrected chi connectivity index (χ0v) is 17.0. The summed E-state index contributed by atoms with van der Waals surface area (Å²) in [6.45, 7) is 1.62. The Hall–Kier alpha value is -2.00. The summed E-state index contributed by atoms with van der Waals surface area (Å²) in [5.74, 6) is 0. The molecule has 1 atom stereocenters. The molecule has 0 aliphatic heterocycles. The van der Waals surface area contributed by atoms with E-state index in [1.54, 1.807) is 47.8 Å². The first-order chi connectivity index (χ1) is 12.8. The molecule has 5 nitrogen and oxygen atoms in total. The summed E-state index contributed by atoms with van der Waals surface area (Å²) < 4.78 is 53.8. The SMILES string of the molecule is Cc1ccc(S(=O)(=O)NCC(c2cccs2)S(=O)(=O)c2ccccc2)cc1. The highest BCUT2D eigenvalue weighted by Crippen LogP contribution is 2.31. The standard InChI is InChI=1S/C19H19NO4S3/c1-15-9-11-17(12-10-15)27(23,24)20-14-19(18-8-5-13-25-18)26(21,22)16-6-3-2-4-7-16/h2-13,19-20H,14H2,1H3. The van der Waals surface area contributed by atoms with Gasteiger partial charge in [0.25, 0.3) is 0 Å². The predicted octanol–water partition coefficient (Wildman–Crippen LogP) is 3.55. The maximum absolute atomic E-state index is 13.1. The molecule has 8 heteroatoms. The van der Waals surface area contributed by atoms with E-state index in [4.69, 9.17) is 0 Å². The van der Waals surface area contributed by atoms with Gasteiger partial charge < -0.3 is 0 Å². The lowest BCUT2D eigenvalue weighted by Crippen LogP contribution is -2.31. The first-order valence-electron chi connectivity index (χ1n) is 8.19. The number of sulfone groups is 1. The number of rotatable bonds is 7. The fourth-order valence-electron chi connectivity index (χ4n) is 2.60. The average Bonchev–Trinajstić information content (AvgIpc) is 3.17. The molecule has 0 fully saturated rings. The molecule has 0 saturated carbocycles. The molecular weight excluding hydrogens is 402 g/mol. The average molecular weight is 422 g/mol. The van der Waals surface area contributed by atoms with Crippen LogP contribution in [0.25, 0.3) is 0 Å². The molecule has 1 unspecified atom stereocenters. The van der Waals surface area contributed by atoms with Crippen LogP contribution in [0.3, 0.4) is 0 Å². The molecule has 0 bridgehead atoms. The summed E-state index contributed by atoms with van der Waals surface area (Å²) in [5, 5.41) is 0.775. The summed E-state index contributed by atoms with van der Waals surface area (Å²) in [5.41, 5.74) is 0.942. The van der Waals surface area contributed by atoms with Gasteiger partial charge in [-0.1, -0.05) is 42.0 Å². The number of sulfonamides is 1. The number of nitrogens with one attached hydrogen (secondary N) is 1. The van der Waals surface area contributed by atoms with Gasteiger partial charge in [0.15, 0.2) is 9.84 Å². The van der Waals surface area contributed by atoms with Crippen molar-refractivity contribution in [1.82, 2.24) is 4.72 Å². The normalized spacial score (nSPS) is 13.4. The number of thiophene rings is 1. The van der Waals surface area contributed by atoms with E-state index in [1.807, 2.05) is 6.92 Å². The molecule has 0 spiro atoms. The second kappa shape index (κ2) is 7.93. The lowest BCUT2D eigenvalue weighted by Gasteiger charge is -2.17. The van der Waals surface area contributed by atoms with Crippen LogP contribution in [-0.2, 0) is 19.9 Å². The van der Waals surface area contributed by atoms with Crippen molar-refractivity contribution in [3.8, 4) is 0 Å². The van der Waals surface area contributed by atoms with Crippen LogP contribution in [0.4, 0.5) is 0 Å². The van der Waals surface area contributed by atoms with Crippen molar-refractivity contribution in [3.63, 3.8) is 0 Å². The Morgan fingerprint density at radius 2 is 1.52 bits per heavy atom. The van der Waals surface area contributed by atoms with Gasteiger partial charge in [0.1, 0.15) is 5.25 Å². The molecule has 3 aromatic rings. The van der Waals surface area contributed by atoms with Crippen LogP contribution in [0.15, 0.2) is 81.9 Å². The van der Waals surface area contributed by atoms with Gasteiger partial charge in [-0.05, 0) is 42.6 Å². The summed E-state index contributed by atoms with van der Waals surface area (Å²) in [7, 11) is -7.57. The number of benzene rings is 2. The van der Waals surface area contributed by atoms with Crippen molar-refractivity contribution in [2.45, 2.75) is 22.0 Å². The van der Waals surface area contributed by atoms with Crippen LogP contribution in [0, 0.1) is 6.92 Å². The maximum Gasteiger partial charge on any atom is 0.240 e. The Bertz CT molecular complexity index is 1090. The fraction of sp³-hybridized carbons (Fsp3) is 0.158. The molecule has 1 heterocycles. The van der Waals surface area contributed by atoms with Crippen molar-refractivity contribution >= 4 is 31.2 Å². The Balaban J connectivity index is 1.91. The highest BCUT2D eigenvalue weighted by molar-refractivity contribution is 7.92. The van der Waals surface area contributed by atoms with E-state index < -0.39 is 25.1 Å². The van der Waals surface area contributed by atoms with E-state index in [2.05, 4.69) is 4.72 Å². The van der Waals surface area contributed by atoms with Crippen LogP contribution >= 0.6 is 11.3 Å². The summed E-state index contributed by atoms with van der Waals surface area (Å²) in [6.07, 6.45) is 0. The molecule has 0 saturated heterocycles. The Labute approximate surface area is 163 Å². The van der Waals surface area contributed by atoms with Gasteiger partial charge in [-0.3, -0.25) is 0 Å². The lowest BCUT2D eigenvalue weighted by atomic mass is 10.2. The minimum atomic E-state index is -3.82. The van der Waals surface area contributed by atoms with E-state index in [0.29, 0.717) is 4.88 Å². The fourth-order valence-corrected chi connectivity index (χ4v) is 6.56. The van der Waals surface area contributed by atoms with E-state index in [1.165, 1.54) is 35.6 Å². The van der Waals surface area contributed by atoms with Gasteiger partial charge in [0, 0.05) is 11.4 Å². The second-order valence-electron chi connectivity index (χ2n) is 6.03. The molecule has 0 amide bonds. The minimum absolute atomic E-state index is 0.107. The highest BCUT2D eigenvalue weighted by Gasteiger charge is 2.31. The first-order valence-corrected chi connectivity index (χ1v) is 12.1. The molecule has 0 radical (unpaired) electrons. The zero-order chi connectivity index (χ0) is 19.5. The van der Waals surface area contributed by atoms with Gasteiger partial charge in [-0.2, -0.15) is 0 Å². The summed E-state index contributed by atoms with van der Waals surface area (Å²) in [6, 6.07) is 17.9. The van der Waals surface area contributed by atoms with Crippen molar-refractivity contribution in [2.24, 2.45) is 0 Å². The number of hydrogen-bond acceptors (Lipinski definition) is 5. The molecule has 27 heavy (non-hydrogen) atoms. The van der Waals surface area contributed by atoms with Crippen molar-refractivity contribution < 1.29 is 16.8 Å². The molecule has 3 rings (SSSR count). The van der Waals surface area contributed by atoms with Gasteiger partial charge >= 0.3 is 0 Å². The first kappa shape index (κ1) is 19.8. The second-order valence-corrected chi connectivity index (χ2v) is 10.9. The van der Waals surface area contributed by atoms with Crippen molar-refractivity contribution in [3.05, 3.63) is 82.6 Å². The molecule has 1 N–H and O–H groups in total. The molecule has 1 aromatic heterocycles. The third-order valence-corrected chi connectivity index (χ3v) is 8.77. The van der Waals surface area contributed by atoms with Crippen LogP contribution in [0.5, 0.6) is 0 Å².